The maximum atomic E-state index is 13.1. The van der Waals surface area contributed by atoms with Crippen LogP contribution >= 0.6 is 11.3 Å². The Balaban J connectivity index is 1.58. The molecular weight excluding hydrogens is 346 g/mol. The summed E-state index contributed by atoms with van der Waals surface area (Å²) < 4.78 is 0. The summed E-state index contributed by atoms with van der Waals surface area (Å²) in [5, 5.41) is 2.97. The van der Waals surface area contributed by atoms with Crippen molar-refractivity contribution in [2.75, 3.05) is 6.54 Å². The van der Waals surface area contributed by atoms with Crippen molar-refractivity contribution in [1.82, 2.24) is 14.9 Å². The van der Waals surface area contributed by atoms with E-state index >= 15 is 0 Å². The van der Waals surface area contributed by atoms with Crippen molar-refractivity contribution in [2.45, 2.75) is 25.3 Å². The van der Waals surface area contributed by atoms with E-state index in [1.54, 1.807) is 23.6 Å². The molecule has 26 heavy (non-hydrogen) atoms. The molecule has 1 atom stereocenters. The van der Waals surface area contributed by atoms with Crippen molar-refractivity contribution >= 4 is 17.2 Å². The van der Waals surface area contributed by atoms with E-state index in [0.29, 0.717) is 5.56 Å². The van der Waals surface area contributed by atoms with Gasteiger partial charge in [-0.15, -0.1) is 11.3 Å². The number of hydrogen-bond donors (Lipinski definition) is 1. The van der Waals surface area contributed by atoms with Gasteiger partial charge in [0.2, 0.25) is 5.56 Å². The van der Waals surface area contributed by atoms with Gasteiger partial charge in [0.25, 0.3) is 5.91 Å². The maximum Gasteiger partial charge on any atom is 0.254 e. The highest BCUT2D eigenvalue weighted by molar-refractivity contribution is 7.09. The van der Waals surface area contributed by atoms with Crippen LogP contribution in [0.5, 0.6) is 0 Å². The number of carbonyl (C=O) groups is 1. The van der Waals surface area contributed by atoms with Gasteiger partial charge in [-0.1, -0.05) is 18.2 Å². The number of pyridine rings is 1. The van der Waals surface area contributed by atoms with E-state index in [1.165, 1.54) is 6.07 Å². The number of aromatic nitrogens is 2. The average molecular weight is 365 g/mol. The molecule has 0 radical (unpaired) electrons. The molecular formula is C20H19N3O2S. The Labute approximate surface area is 155 Å². The smallest absolute Gasteiger partial charge is 0.254 e. The first-order valence-corrected chi connectivity index (χ1v) is 9.60. The number of likely N-dealkylation sites (tertiary alicyclic amines) is 1. The van der Waals surface area contributed by atoms with E-state index in [2.05, 4.69) is 9.97 Å². The first kappa shape index (κ1) is 16.7. The third kappa shape index (κ3) is 3.32. The number of carbonyl (C=O) groups excluding carboxylic acids is 1. The van der Waals surface area contributed by atoms with Gasteiger partial charge in [-0.25, -0.2) is 4.98 Å². The van der Waals surface area contributed by atoms with Gasteiger partial charge in [-0.05, 0) is 43.0 Å². The number of nitrogens with one attached hydrogen (secondary N) is 1. The molecule has 1 aliphatic heterocycles. The molecule has 1 N–H and O–H groups in total. The highest BCUT2D eigenvalue weighted by Gasteiger charge is 2.30. The van der Waals surface area contributed by atoms with Crippen LogP contribution in [-0.4, -0.2) is 27.3 Å². The lowest BCUT2D eigenvalue weighted by atomic mass is 10.0. The van der Waals surface area contributed by atoms with Crippen LogP contribution in [-0.2, 0) is 0 Å². The second-order valence-corrected chi connectivity index (χ2v) is 7.31. The van der Waals surface area contributed by atoms with Crippen LogP contribution in [0.15, 0.2) is 58.8 Å². The number of hydrogen-bond acceptors (Lipinski definition) is 4. The molecule has 132 valence electrons. The minimum atomic E-state index is -0.137. The number of nitrogens with zero attached hydrogens (tertiary/aromatic N) is 2. The average Bonchev–Trinajstić information content (AvgIpc) is 3.22. The van der Waals surface area contributed by atoms with Crippen LogP contribution in [0.3, 0.4) is 0 Å². The number of rotatable bonds is 3. The van der Waals surface area contributed by atoms with Gasteiger partial charge in [0.05, 0.1) is 6.04 Å². The lowest BCUT2D eigenvalue weighted by Crippen LogP contribution is -2.38. The Kier molecular flexibility index (Phi) is 4.67. The van der Waals surface area contributed by atoms with Crippen LogP contribution in [0.4, 0.5) is 0 Å². The van der Waals surface area contributed by atoms with E-state index in [0.717, 1.165) is 42.1 Å². The van der Waals surface area contributed by atoms with Gasteiger partial charge in [-0.2, -0.15) is 0 Å². The largest absolute Gasteiger partial charge is 0.329 e. The number of piperidine rings is 1. The van der Waals surface area contributed by atoms with Crippen LogP contribution in [0.25, 0.3) is 11.3 Å². The van der Waals surface area contributed by atoms with Crippen molar-refractivity contribution in [3.05, 3.63) is 75.0 Å². The predicted octanol–water partition coefficient (Wildman–Crippen LogP) is 3.87. The first-order chi connectivity index (χ1) is 12.7. The molecule has 1 aliphatic rings. The zero-order chi connectivity index (χ0) is 17.9. The summed E-state index contributed by atoms with van der Waals surface area (Å²) in [5.41, 5.74) is 2.15. The van der Waals surface area contributed by atoms with Gasteiger partial charge < -0.3 is 9.88 Å². The fourth-order valence-corrected chi connectivity index (χ4v) is 4.19. The Morgan fingerprint density at radius 1 is 1.15 bits per heavy atom. The lowest BCUT2D eigenvalue weighted by molar-refractivity contribution is 0.0611. The van der Waals surface area contributed by atoms with Gasteiger partial charge >= 0.3 is 0 Å². The molecule has 1 fully saturated rings. The molecule has 4 rings (SSSR count). The van der Waals surface area contributed by atoms with Crippen LogP contribution in [0.2, 0.25) is 0 Å². The molecule has 6 heteroatoms. The Morgan fingerprint density at radius 3 is 2.73 bits per heavy atom. The summed E-state index contributed by atoms with van der Waals surface area (Å²) in [6.45, 7) is 0.761. The summed E-state index contributed by atoms with van der Waals surface area (Å²) in [4.78, 5) is 33.7. The van der Waals surface area contributed by atoms with E-state index in [9.17, 15) is 9.59 Å². The third-order valence-corrected chi connectivity index (χ3v) is 5.59. The van der Waals surface area contributed by atoms with E-state index in [1.807, 2.05) is 40.6 Å². The standard InChI is InChI=1S/C20H19N3O2S/c24-18-6-3-4-16(22-18)14-7-9-15(10-8-14)20(25)23-12-2-1-5-17(23)19-21-11-13-26-19/h3-4,6-11,13,17H,1-2,5,12H2,(H,22,24). The number of benzene rings is 1. The quantitative estimate of drug-likeness (QED) is 0.766. The fraction of sp³-hybridized carbons (Fsp3) is 0.250. The fourth-order valence-electron chi connectivity index (χ4n) is 3.40. The molecule has 0 bridgehead atoms. The van der Waals surface area contributed by atoms with Gasteiger partial charge in [0, 0.05) is 35.4 Å². The van der Waals surface area contributed by atoms with E-state index in [-0.39, 0.29) is 17.5 Å². The highest BCUT2D eigenvalue weighted by atomic mass is 32.1. The van der Waals surface area contributed by atoms with Crippen molar-refractivity contribution < 1.29 is 4.79 Å². The second kappa shape index (κ2) is 7.25. The summed E-state index contributed by atoms with van der Waals surface area (Å²) in [5.74, 6) is 0.0398. The highest BCUT2D eigenvalue weighted by Crippen LogP contribution is 2.33. The first-order valence-electron chi connectivity index (χ1n) is 8.72. The van der Waals surface area contributed by atoms with Crippen LogP contribution < -0.4 is 5.56 Å². The topological polar surface area (TPSA) is 66.1 Å². The van der Waals surface area contributed by atoms with Crippen molar-refractivity contribution in [1.29, 1.82) is 0 Å². The van der Waals surface area contributed by atoms with Crippen molar-refractivity contribution in [3.63, 3.8) is 0 Å². The van der Waals surface area contributed by atoms with E-state index < -0.39 is 0 Å². The Hall–Kier alpha value is -2.73. The summed E-state index contributed by atoms with van der Waals surface area (Å²) in [6.07, 6.45) is 4.90. The maximum absolute atomic E-state index is 13.1. The van der Waals surface area contributed by atoms with Crippen LogP contribution in [0, 0.1) is 0 Å². The Morgan fingerprint density at radius 2 is 2.00 bits per heavy atom. The molecule has 1 unspecified atom stereocenters. The second-order valence-electron chi connectivity index (χ2n) is 6.39. The number of thiazole rings is 1. The summed E-state index contributed by atoms with van der Waals surface area (Å²) in [7, 11) is 0. The molecule has 3 heterocycles. The molecule has 2 aromatic heterocycles. The number of H-pyrrole nitrogens is 1. The zero-order valence-corrected chi connectivity index (χ0v) is 15.0. The lowest BCUT2D eigenvalue weighted by Gasteiger charge is -2.34. The normalized spacial score (nSPS) is 17.2. The van der Waals surface area contributed by atoms with E-state index in [4.69, 9.17) is 0 Å². The molecule has 1 amide bonds. The van der Waals surface area contributed by atoms with Crippen molar-refractivity contribution in [3.8, 4) is 11.3 Å². The predicted molar refractivity (Wildman–Crippen MR) is 102 cm³/mol. The van der Waals surface area contributed by atoms with Gasteiger partial charge in [0.1, 0.15) is 5.01 Å². The molecule has 5 nitrogen and oxygen atoms in total. The minimum Gasteiger partial charge on any atom is -0.329 e. The summed E-state index contributed by atoms with van der Waals surface area (Å²) in [6, 6.07) is 12.5. The number of amides is 1. The van der Waals surface area contributed by atoms with Gasteiger partial charge in [0.15, 0.2) is 0 Å². The molecule has 1 saturated heterocycles. The molecule has 0 aliphatic carbocycles. The minimum absolute atomic E-state index is 0.0398. The van der Waals surface area contributed by atoms with Crippen molar-refractivity contribution in [2.24, 2.45) is 0 Å². The SMILES string of the molecule is O=C(c1ccc(-c2cccc(=O)[nH]2)cc1)N1CCCCC1c1nccs1. The third-order valence-electron chi connectivity index (χ3n) is 4.71. The molecule has 0 saturated carbocycles. The monoisotopic (exact) mass is 365 g/mol. The zero-order valence-electron chi connectivity index (χ0n) is 14.2. The molecule has 0 spiro atoms. The number of aromatic amines is 1. The molecule has 3 aromatic rings. The molecule has 1 aromatic carbocycles. The van der Waals surface area contributed by atoms with Gasteiger partial charge in [-0.3, -0.25) is 9.59 Å². The van der Waals surface area contributed by atoms with Crippen LogP contribution in [0.1, 0.15) is 40.7 Å². The summed E-state index contributed by atoms with van der Waals surface area (Å²) >= 11 is 1.61. The Bertz CT molecular complexity index is 948.